The first kappa shape index (κ1) is 23.1. The van der Waals surface area contributed by atoms with Crippen LogP contribution in [0.5, 0.6) is 0 Å². The molecule has 0 aliphatic carbocycles. The Balaban J connectivity index is 6.31. The Bertz CT molecular complexity index is 628. The van der Waals surface area contributed by atoms with Gasteiger partial charge in [0.05, 0.1) is 0 Å². The van der Waals surface area contributed by atoms with Crippen LogP contribution in [0.3, 0.4) is 0 Å². The summed E-state index contributed by atoms with van der Waals surface area (Å²) in [5.41, 5.74) is -1.78. The Morgan fingerprint density at radius 1 is 0.885 bits per heavy atom. The van der Waals surface area contributed by atoms with Gasteiger partial charge in [-0.1, -0.05) is 5.92 Å². The van der Waals surface area contributed by atoms with Gasteiger partial charge in [-0.05, 0) is 13.8 Å². The molecule has 9 nitrogen and oxygen atoms in total. The molecule has 0 aromatic carbocycles. The zero-order valence-electron chi connectivity index (χ0n) is 15.5. The fourth-order valence-corrected chi connectivity index (χ4v) is 2.23. The Hall–Kier alpha value is -2.89. The van der Waals surface area contributed by atoms with Crippen LogP contribution in [0.2, 0.25) is 0 Å². The van der Waals surface area contributed by atoms with Gasteiger partial charge in [0, 0.05) is 27.7 Å². The first-order valence-corrected chi connectivity index (χ1v) is 7.57. The smallest absolute Gasteiger partial charge is 0.304 e. The maximum atomic E-state index is 11.6. The standard InChI is InChI=1S/C17H22O9/c1-7-8-17(6,26-13(5)22)16(25-12(4)21)15(24-11(3)20)14(9-18)23-10(2)19/h9,14-16H,1-6H3/t14-,15+,16+,17-/m1/s1. The number of hydrogen-bond acceptors (Lipinski definition) is 9. The van der Waals surface area contributed by atoms with Gasteiger partial charge in [-0.2, -0.15) is 0 Å². The lowest BCUT2D eigenvalue weighted by atomic mass is 9.91. The predicted molar refractivity (Wildman–Crippen MR) is 86.3 cm³/mol. The van der Waals surface area contributed by atoms with Crippen molar-refractivity contribution < 1.29 is 42.9 Å². The molecule has 4 atom stereocenters. The Kier molecular flexibility index (Phi) is 9.05. The molecule has 0 amide bonds. The van der Waals surface area contributed by atoms with Crippen LogP contribution in [0.4, 0.5) is 0 Å². The van der Waals surface area contributed by atoms with Gasteiger partial charge in [0.2, 0.25) is 5.60 Å². The summed E-state index contributed by atoms with van der Waals surface area (Å²) in [5.74, 6) is 1.82. The summed E-state index contributed by atoms with van der Waals surface area (Å²) >= 11 is 0. The molecule has 0 saturated heterocycles. The van der Waals surface area contributed by atoms with Crippen molar-refractivity contribution in [2.24, 2.45) is 0 Å². The van der Waals surface area contributed by atoms with Crippen molar-refractivity contribution in [2.45, 2.75) is 65.5 Å². The van der Waals surface area contributed by atoms with Crippen molar-refractivity contribution in [1.29, 1.82) is 0 Å². The highest BCUT2D eigenvalue weighted by molar-refractivity contribution is 5.72. The van der Waals surface area contributed by atoms with Gasteiger partial charge in [-0.3, -0.25) is 24.0 Å². The highest BCUT2D eigenvalue weighted by Crippen LogP contribution is 2.26. The van der Waals surface area contributed by atoms with E-state index in [0.717, 1.165) is 27.7 Å². The van der Waals surface area contributed by atoms with E-state index in [1.807, 2.05) is 0 Å². The minimum Gasteiger partial charge on any atom is -0.454 e. The summed E-state index contributed by atoms with van der Waals surface area (Å²) in [4.78, 5) is 57.2. The molecule has 0 saturated carbocycles. The van der Waals surface area contributed by atoms with E-state index in [1.165, 1.54) is 13.8 Å². The molecule has 0 spiro atoms. The maximum Gasteiger partial charge on any atom is 0.304 e. The molecule has 0 N–H and O–H groups in total. The van der Waals surface area contributed by atoms with Crippen molar-refractivity contribution in [1.82, 2.24) is 0 Å². The third-order valence-electron chi connectivity index (χ3n) is 2.93. The summed E-state index contributed by atoms with van der Waals surface area (Å²) < 4.78 is 20.2. The van der Waals surface area contributed by atoms with Gasteiger partial charge in [0.1, 0.15) is 0 Å². The topological polar surface area (TPSA) is 122 Å². The number of hydrogen-bond donors (Lipinski definition) is 0. The van der Waals surface area contributed by atoms with E-state index in [-0.39, 0.29) is 6.29 Å². The van der Waals surface area contributed by atoms with E-state index in [2.05, 4.69) is 11.8 Å². The van der Waals surface area contributed by atoms with Crippen molar-refractivity contribution in [3.05, 3.63) is 0 Å². The molecule has 0 rings (SSSR count). The zero-order valence-corrected chi connectivity index (χ0v) is 15.5. The number of carbonyl (C=O) groups is 5. The first-order chi connectivity index (χ1) is 12.0. The van der Waals surface area contributed by atoms with Gasteiger partial charge in [0.15, 0.2) is 24.6 Å². The third-order valence-corrected chi connectivity index (χ3v) is 2.93. The molecule has 9 heteroatoms. The van der Waals surface area contributed by atoms with Crippen molar-refractivity contribution in [3.63, 3.8) is 0 Å². The lowest BCUT2D eigenvalue weighted by molar-refractivity contribution is -0.203. The number of rotatable bonds is 8. The summed E-state index contributed by atoms with van der Waals surface area (Å²) in [6.07, 6.45) is -4.55. The van der Waals surface area contributed by atoms with E-state index in [0.29, 0.717) is 0 Å². The molecule has 0 heterocycles. The molecule has 0 bridgehead atoms. The fourth-order valence-electron chi connectivity index (χ4n) is 2.23. The predicted octanol–water partition coefficient (Wildman–Crippen LogP) is 0.326. The zero-order chi connectivity index (χ0) is 20.5. The minimum atomic E-state index is -1.78. The molecule has 0 fully saturated rings. The second-order valence-electron chi connectivity index (χ2n) is 5.39. The summed E-state index contributed by atoms with van der Waals surface area (Å²) in [7, 11) is 0. The molecule has 0 radical (unpaired) electrons. The SMILES string of the molecule is CC#C[C@@](C)(OC(C)=O)[C@@H](OC(C)=O)[C@@H](OC(C)=O)[C@@H](C=O)OC(C)=O. The van der Waals surface area contributed by atoms with Gasteiger partial charge in [-0.15, -0.1) is 5.92 Å². The Morgan fingerprint density at radius 3 is 1.73 bits per heavy atom. The number of esters is 4. The lowest BCUT2D eigenvalue weighted by Crippen LogP contribution is -2.57. The molecule has 0 aromatic rings. The van der Waals surface area contributed by atoms with E-state index >= 15 is 0 Å². The average molecular weight is 370 g/mol. The third kappa shape index (κ3) is 7.34. The van der Waals surface area contributed by atoms with Gasteiger partial charge in [0.25, 0.3) is 0 Å². The largest absolute Gasteiger partial charge is 0.454 e. The number of ether oxygens (including phenoxy) is 4. The van der Waals surface area contributed by atoms with Gasteiger partial charge < -0.3 is 18.9 Å². The van der Waals surface area contributed by atoms with Gasteiger partial charge >= 0.3 is 23.9 Å². The molecular weight excluding hydrogens is 348 g/mol. The van der Waals surface area contributed by atoms with Crippen LogP contribution in [-0.2, 0) is 42.9 Å². The van der Waals surface area contributed by atoms with Crippen molar-refractivity contribution in [3.8, 4) is 11.8 Å². The molecule has 0 aromatic heterocycles. The quantitative estimate of drug-likeness (QED) is 0.257. The van der Waals surface area contributed by atoms with Crippen molar-refractivity contribution in [2.75, 3.05) is 0 Å². The summed E-state index contributed by atoms with van der Waals surface area (Å²) in [6.45, 7) is 7.00. The number of aldehydes is 1. The van der Waals surface area contributed by atoms with E-state index in [9.17, 15) is 24.0 Å². The number of carbonyl (C=O) groups excluding carboxylic acids is 5. The van der Waals surface area contributed by atoms with Crippen LogP contribution in [0.25, 0.3) is 0 Å². The Morgan fingerprint density at radius 2 is 1.38 bits per heavy atom. The second-order valence-corrected chi connectivity index (χ2v) is 5.39. The molecular formula is C17H22O9. The second kappa shape index (κ2) is 10.2. The molecule has 0 unspecified atom stereocenters. The highest BCUT2D eigenvalue weighted by Gasteiger charge is 2.49. The van der Waals surface area contributed by atoms with Crippen LogP contribution in [-0.4, -0.2) is 54.1 Å². The summed E-state index contributed by atoms with van der Waals surface area (Å²) in [6, 6.07) is 0. The first-order valence-electron chi connectivity index (χ1n) is 7.57. The molecule has 0 aliphatic rings. The lowest BCUT2D eigenvalue weighted by Gasteiger charge is -2.37. The molecule has 26 heavy (non-hydrogen) atoms. The average Bonchev–Trinajstić information content (AvgIpc) is 2.47. The summed E-state index contributed by atoms with van der Waals surface area (Å²) in [5, 5.41) is 0. The van der Waals surface area contributed by atoms with E-state index in [4.69, 9.17) is 18.9 Å². The van der Waals surface area contributed by atoms with Crippen LogP contribution in [0.15, 0.2) is 0 Å². The van der Waals surface area contributed by atoms with Crippen LogP contribution < -0.4 is 0 Å². The van der Waals surface area contributed by atoms with E-state index in [1.54, 1.807) is 0 Å². The highest BCUT2D eigenvalue weighted by atomic mass is 16.6. The maximum absolute atomic E-state index is 11.6. The monoisotopic (exact) mass is 370 g/mol. The van der Waals surface area contributed by atoms with Crippen LogP contribution in [0, 0.1) is 11.8 Å². The van der Waals surface area contributed by atoms with Gasteiger partial charge in [-0.25, -0.2) is 0 Å². The fraction of sp³-hybridized carbons (Fsp3) is 0.588. The Labute approximate surface area is 151 Å². The van der Waals surface area contributed by atoms with Crippen molar-refractivity contribution >= 4 is 30.2 Å². The minimum absolute atomic E-state index is 0.207. The molecule has 144 valence electrons. The molecule has 0 aliphatic heterocycles. The van der Waals surface area contributed by atoms with Crippen LogP contribution >= 0.6 is 0 Å². The van der Waals surface area contributed by atoms with E-state index < -0.39 is 47.8 Å². The van der Waals surface area contributed by atoms with Crippen LogP contribution in [0.1, 0.15) is 41.5 Å². The normalized spacial score (nSPS) is 15.6.